The summed E-state index contributed by atoms with van der Waals surface area (Å²) in [6.07, 6.45) is 3.67. The van der Waals surface area contributed by atoms with Crippen LogP contribution in [0, 0.1) is 0 Å². The van der Waals surface area contributed by atoms with Gasteiger partial charge in [-0.15, -0.1) is 0 Å². The highest BCUT2D eigenvalue weighted by atomic mass is 32.2. The van der Waals surface area contributed by atoms with Crippen molar-refractivity contribution in [2.75, 3.05) is 26.9 Å². The van der Waals surface area contributed by atoms with Gasteiger partial charge in [-0.25, -0.2) is 4.99 Å². The summed E-state index contributed by atoms with van der Waals surface area (Å²) in [5, 5.41) is 0.783. The molecule has 0 N–H and O–H groups in total. The number of carbonyl (C=O) groups is 1. The van der Waals surface area contributed by atoms with E-state index in [4.69, 9.17) is 0 Å². The molecule has 0 bridgehead atoms. The van der Waals surface area contributed by atoms with Gasteiger partial charge in [0.05, 0.1) is 0 Å². The van der Waals surface area contributed by atoms with Crippen LogP contribution in [0.2, 0.25) is 0 Å². The molecule has 0 aromatic carbocycles. The Bertz CT molecular complexity index is 296. The minimum absolute atomic E-state index is 0.00875. The summed E-state index contributed by atoms with van der Waals surface area (Å²) in [6, 6.07) is 0. The summed E-state index contributed by atoms with van der Waals surface area (Å²) in [7, 11) is 3.76. The minimum Gasteiger partial charge on any atom is -0.382 e. The summed E-state index contributed by atoms with van der Waals surface area (Å²) in [5.74, 6) is -0.00875. The van der Waals surface area contributed by atoms with Gasteiger partial charge in [0, 0.05) is 26.8 Å². The molecule has 1 aliphatic rings. The number of amides is 1. The summed E-state index contributed by atoms with van der Waals surface area (Å²) in [5.41, 5.74) is 0.515. The van der Waals surface area contributed by atoms with Crippen molar-refractivity contribution < 1.29 is 4.79 Å². The molecule has 0 saturated carbocycles. The Kier molecular flexibility index (Phi) is 3.57. The van der Waals surface area contributed by atoms with Gasteiger partial charge < -0.3 is 4.90 Å². The van der Waals surface area contributed by atoms with Gasteiger partial charge in [-0.1, -0.05) is 11.8 Å². The summed E-state index contributed by atoms with van der Waals surface area (Å²) < 4.78 is 0. The molecule has 0 aliphatic carbocycles. The number of aliphatic imine (C=N–C) groups is 1. The van der Waals surface area contributed by atoms with Gasteiger partial charge in [-0.05, 0) is 13.2 Å². The lowest BCUT2D eigenvalue weighted by molar-refractivity contribution is -0.122. The highest BCUT2D eigenvalue weighted by Gasteiger charge is 2.28. The molecule has 78 valence electrons. The van der Waals surface area contributed by atoms with Crippen LogP contribution in [0.4, 0.5) is 0 Å². The van der Waals surface area contributed by atoms with E-state index in [0.29, 0.717) is 12.2 Å². The second kappa shape index (κ2) is 4.50. The maximum absolute atomic E-state index is 11.7. The Morgan fingerprint density at radius 1 is 1.57 bits per heavy atom. The van der Waals surface area contributed by atoms with Crippen LogP contribution in [0.25, 0.3) is 0 Å². The van der Waals surface area contributed by atoms with Crippen LogP contribution >= 0.6 is 11.8 Å². The number of amidine groups is 1. The Morgan fingerprint density at radius 3 is 2.57 bits per heavy atom. The van der Waals surface area contributed by atoms with Crippen molar-refractivity contribution in [2.24, 2.45) is 4.99 Å². The number of rotatable bonds is 2. The van der Waals surface area contributed by atoms with Crippen molar-refractivity contribution >= 4 is 22.8 Å². The smallest absolute Gasteiger partial charge is 0.280 e. The lowest BCUT2D eigenvalue weighted by Gasteiger charge is -2.13. The highest BCUT2D eigenvalue weighted by Crippen LogP contribution is 2.19. The Labute approximate surface area is 88.7 Å². The molecule has 0 spiro atoms. The maximum atomic E-state index is 11.7. The van der Waals surface area contributed by atoms with Crippen LogP contribution in [0.15, 0.2) is 16.9 Å². The van der Waals surface area contributed by atoms with Crippen molar-refractivity contribution in [3.8, 4) is 0 Å². The topological polar surface area (TPSA) is 35.9 Å². The lowest BCUT2D eigenvalue weighted by atomic mass is 10.4. The van der Waals surface area contributed by atoms with Crippen molar-refractivity contribution in [3.05, 3.63) is 11.9 Å². The maximum Gasteiger partial charge on any atom is 0.280 e. The number of thioether (sulfide) groups is 1. The molecule has 5 heteroatoms. The van der Waals surface area contributed by atoms with E-state index in [1.54, 1.807) is 11.1 Å². The van der Waals surface area contributed by atoms with Crippen LogP contribution in [-0.4, -0.2) is 47.8 Å². The third-order valence-electron chi connectivity index (χ3n) is 1.79. The first-order valence-corrected chi connectivity index (χ1v) is 5.65. The number of hydrogen-bond acceptors (Lipinski definition) is 4. The Morgan fingerprint density at radius 2 is 2.21 bits per heavy atom. The zero-order valence-corrected chi connectivity index (χ0v) is 9.76. The Balaban J connectivity index is 2.94. The zero-order valence-electron chi connectivity index (χ0n) is 8.94. The van der Waals surface area contributed by atoms with Crippen LogP contribution in [0.3, 0.4) is 0 Å². The third kappa shape index (κ3) is 2.09. The fraction of sp³-hybridized carbons (Fsp3) is 0.556. The van der Waals surface area contributed by atoms with E-state index in [2.05, 4.69) is 4.99 Å². The molecule has 0 aromatic heterocycles. The molecule has 0 fully saturated rings. The lowest BCUT2D eigenvalue weighted by Crippen LogP contribution is -2.30. The molecule has 1 rings (SSSR count). The van der Waals surface area contributed by atoms with Crippen LogP contribution in [0.1, 0.15) is 6.92 Å². The standard InChI is InChI=1S/C9H15N3OS/c1-5-12-8(13)7(6-11(2)3)10-9(12)14-4/h6H,5H2,1-4H3/b7-6-. The molecule has 4 nitrogen and oxygen atoms in total. The molecular weight excluding hydrogens is 198 g/mol. The van der Waals surface area contributed by atoms with Crippen LogP contribution in [0.5, 0.6) is 0 Å². The molecule has 0 aromatic rings. The monoisotopic (exact) mass is 213 g/mol. The first-order chi connectivity index (χ1) is 6.60. The van der Waals surface area contributed by atoms with E-state index in [1.165, 1.54) is 11.8 Å². The SMILES string of the molecule is CCN1C(=O)/C(=C/N(C)C)N=C1SC. The fourth-order valence-corrected chi connectivity index (χ4v) is 1.82. The second-order valence-corrected chi connectivity index (χ2v) is 3.90. The van der Waals surface area contributed by atoms with Gasteiger partial charge in [-0.2, -0.15) is 0 Å². The summed E-state index contributed by atoms with van der Waals surface area (Å²) in [4.78, 5) is 19.5. The van der Waals surface area contributed by atoms with Gasteiger partial charge in [0.2, 0.25) is 0 Å². The number of carbonyl (C=O) groups excluding carboxylic acids is 1. The molecular formula is C9H15N3OS. The van der Waals surface area contributed by atoms with Crippen molar-refractivity contribution in [3.63, 3.8) is 0 Å². The third-order valence-corrected chi connectivity index (χ3v) is 2.47. The quantitative estimate of drug-likeness (QED) is 0.641. The molecule has 0 unspecified atom stereocenters. The number of likely N-dealkylation sites (N-methyl/N-ethyl adjacent to an activating group) is 1. The summed E-state index contributed by atoms with van der Waals surface area (Å²) >= 11 is 1.50. The number of hydrogen-bond donors (Lipinski definition) is 0. The van der Waals surface area contributed by atoms with Gasteiger partial charge in [-0.3, -0.25) is 9.69 Å². The van der Waals surface area contributed by atoms with Gasteiger partial charge in [0.25, 0.3) is 5.91 Å². The van der Waals surface area contributed by atoms with Crippen molar-refractivity contribution in [1.29, 1.82) is 0 Å². The predicted octanol–water partition coefficient (Wildman–Crippen LogP) is 0.971. The average molecular weight is 213 g/mol. The minimum atomic E-state index is -0.00875. The first-order valence-electron chi connectivity index (χ1n) is 4.43. The molecule has 0 atom stereocenters. The number of nitrogens with zero attached hydrogens (tertiary/aromatic N) is 3. The van der Waals surface area contributed by atoms with Gasteiger partial charge in [0.1, 0.15) is 5.70 Å². The van der Waals surface area contributed by atoms with E-state index in [9.17, 15) is 4.79 Å². The first kappa shape index (κ1) is 11.1. The molecule has 0 radical (unpaired) electrons. The fourth-order valence-electron chi connectivity index (χ4n) is 1.20. The average Bonchev–Trinajstić information content (AvgIpc) is 2.42. The normalized spacial score (nSPS) is 19.1. The zero-order chi connectivity index (χ0) is 10.7. The molecule has 14 heavy (non-hydrogen) atoms. The van der Waals surface area contributed by atoms with E-state index < -0.39 is 0 Å². The predicted molar refractivity (Wildman–Crippen MR) is 60.1 cm³/mol. The molecule has 0 saturated heterocycles. The van der Waals surface area contributed by atoms with E-state index in [0.717, 1.165) is 5.17 Å². The van der Waals surface area contributed by atoms with Crippen molar-refractivity contribution in [2.45, 2.75) is 6.92 Å². The van der Waals surface area contributed by atoms with Crippen molar-refractivity contribution in [1.82, 2.24) is 9.80 Å². The van der Waals surface area contributed by atoms with Crippen LogP contribution < -0.4 is 0 Å². The second-order valence-electron chi connectivity index (χ2n) is 3.13. The molecule has 1 aliphatic heterocycles. The van der Waals surface area contributed by atoms with E-state index in [-0.39, 0.29) is 5.91 Å². The highest BCUT2D eigenvalue weighted by molar-refractivity contribution is 8.13. The van der Waals surface area contributed by atoms with E-state index >= 15 is 0 Å². The van der Waals surface area contributed by atoms with Gasteiger partial charge in [0.15, 0.2) is 5.17 Å². The Hall–Kier alpha value is -0.970. The van der Waals surface area contributed by atoms with Gasteiger partial charge >= 0.3 is 0 Å². The van der Waals surface area contributed by atoms with E-state index in [1.807, 2.05) is 32.2 Å². The molecule has 1 heterocycles. The summed E-state index contributed by atoms with van der Waals surface area (Å²) in [6.45, 7) is 2.62. The largest absolute Gasteiger partial charge is 0.382 e. The van der Waals surface area contributed by atoms with Crippen LogP contribution in [-0.2, 0) is 4.79 Å². The molecule has 1 amide bonds.